The van der Waals surface area contributed by atoms with Crippen LogP contribution in [-0.2, 0) is 4.79 Å². The zero-order valence-corrected chi connectivity index (χ0v) is 17.9. The molecule has 0 aliphatic carbocycles. The molecule has 0 saturated carbocycles. The monoisotopic (exact) mass is 418 g/mol. The van der Waals surface area contributed by atoms with E-state index in [1.54, 1.807) is 17.4 Å². The molecule has 1 aromatic carbocycles. The molecule has 1 saturated heterocycles. The van der Waals surface area contributed by atoms with Gasteiger partial charge in [0.1, 0.15) is 0 Å². The summed E-state index contributed by atoms with van der Waals surface area (Å²) in [6.07, 6.45) is 0.358. The van der Waals surface area contributed by atoms with Crippen LogP contribution in [0.4, 0.5) is 5.69 Å². The average molecular weight is 419 g/mol. The first kappa shape index (κ1) is 18.8. The molecule has 1 aliphatic heterocycles. The van der Waals surface area contributed by atoms with Gasteiger partial charge in [-0.15, -0.1) is 11.3 Å². The molecule has 1 fully saturated rings. The number of hydrogen-bond acceptors (Lipinski definition) is 4. The molecule has 0 bridgehead atoms. The van der Waals surface area contributed by atoms with Crippen molar-refractivity contribution in [2.24, 2.45) is 0 Å². The Hall–Kier alpha value is -3.19. The van der Waals surface area contributed by atoms with Crippen molar-refractivity contribution in [3.05, 3.63) is 74.5 Å². The van der Waals surface area contributed by atoms with Crippen LogP contribution in [0.15, 0.2) is 46.6 Å². The van der Waals surface area contributed by atoms with Crippen LogP contribution in [0, 0.1) is 20.8 Å². The van der Waals surface area contributed by atoms with E-state index < -0.39 is 0 Å². The van der Waals surface area contributed by atoms with Gasteiger partial charge >= 0.3 is 0 Å². The lowest BCUT2D eigenvalue weighted by atomic mass is 10.0. The fourth-order valence-electron chi connectivity index (χ4n) is 4.20. The minimum atomic E-state index is -0.154. The number of carbonyl (C=O) groups is 1. The summed E-state index contributed by atoms with van der Waals surface area (Å²) in [5.74, 6) is -0.0321. The average Bonchev–Trinajstić information content (AvgIpc) is 3.44. The summed E-state index contributed by atoms with van der Waals surface area (Å²) >= 11 is 1.62. The molecular weight excluding hydrogens is 396 g/mol. The highest BCUT2D eigenvalue weighted by molar-refractivity contribution is 7.13. The molecule has 7 heteroatoms. The molecule has 4 heterocycles. The number of H-pyrrole nitrogens is 1. The predicted molar refractivity (Wildman–Crippen MR) is 119 cm³/mol. The van der Waals surface area contributed by atoms with Crippen LogP contribution in [0.5, 0.6) is 0 Å². The van der Waals surface area contributed by atoms with E-state index in [9.17, 15) is 9.59 Å². The molecule has 0 radical (unpaired) electrons. The third-order valence-corrected chi connectivity index (χ3v) is 6.94. The normalized spacial score (nSPS) is 16.7. The number of carbonyl (C=O) groups excluding carboxylic acids is 1. The second-order valence-corrected chi connectivity index (χ2v) is 8.84. The van der Waals surface area contributed by atoms with Crippen LogP contribution >= 0.6 is 11.3 Å². The highest BCUT2D eigenvalue weighted by Crippen LogP contribution is 2.34. The van der Waals surface area contributed by atoms with Crippen LogP contribution < -0.4 is 10.5 Å². The molecule has 0 spiro atoms. The molecule has 4 aromatic rings. The topological polar surface area (TPSA) is 70.5 Å². The van der Waals surface area contributed by atoms with E-state index in [-0.39, 0.29) is 17.4 Å². The Morgan fingerprint density at radius 1 is 1.10 bits per heavy atom. The molecule has 1 unspecified atom stereocenters. The first-order valence-electron chi connectivity index (χ1n) is 9.96. The van der Waals surface area contributed by atoms with E-state index in [4.69, 9.17) is 4.98 Å². The fraction of sp³-hybridized carbons (Fsp3) is 0.261. The lowest BCUT2D eigenvalue weighted by molar-refractivity contribution is -0.117. The van der Waals surface area contributed by atoms with Crippen LogP contribution in [0.2, 0.25) is 0 Å². The molecular formula is C23H22N4O2S. The number of benzene rings is 1. The highest BCUT2D eigenvalue weighted by atomic mass is 32.1. The van der Waals surface area contributed by atoms with Crippen LogP contribution in [0.3, 0.4) is 0 Å². The lowest BCUT2D eigenvalue weighted by Gasteiger charge is -2.20. The van der Waals surface area contributed by atoms with Gasteiger partial charge in [0.2, 0.25) is 5.91 Å². The van der Waals surface area contributed by atoms with Gasteiger partial charge < -0.3 is 4.90 Å². The summed E-state index contributed by atoms with van der Waals surface area (Å²) in [5, 5.41) is 5.19. The smallest absolute Gasteiger partial charge is 0.272 e. The number of fused-ring (bicyclic) bond motifs is 1. The van der Waals surface area contributed by atoms with Crippen molar-refractivity contribution in [3.63, 3.8) is 0 Å². The molecule has 1 amide bonds. The van der Waals surface area contributed by atoms with Gasteiger partial charge in [-0.25, -0.2) is 9.50 Å². The van der Waals surface area contributed by atoms with Gasteiger partial charge in [0.15, 0.2) is 5.65 Å². The summed E-state index contributed by atoms with van der Waals surface area (Å²) in [7, 11) is 0. The van der Waals surface area contributed by atoms with Crippen molar-refractivity contribution in [2.75, 3.05) is 11.4 Å². The molecule has 30 heavy (non-hydrogen) atoms. The van der Waals surface area contributed by atoms with Crippen LogP contribution in [-0.4, -0.2) is 27.0 Å². The number of nitrogens with zero attached hydrogens (tertiary/aromatic N) is 3. The molecule has 1 atom stereocenters. The molecule has 152 valence electrons. The van der Waals surface area contributed by atoms with E-state index in [0.717, 1.165) is 32.9 Å². The van der Waals surface area contributed by atoms with Crippen molar-refractivity contribution < 1.29 is 4.79 Å². The van der Waals surface area contributed by atoms with E-state index in [1.807, 2.05) is 61.4 Å². The van der Waals surface area contributed by atoms with E-state index in [2.05, 4.69) is 5.10 Å². The molecule has 6 nitrogen and oxygen atoms in total. The Bertz CT molecular complexity index is 1330. The van der Waals surface area contributed by atoms with Gasteiger partial charge in [0, 0.05) is 36.2 Å². The number of anilines is 1. The largest absolute Gasteiger partial charge is 0.311 e. The number of hydrogen-bond donors (Lipinski definition) is 1. The zero-order valence-electron chi connectivity index (χ0n) is 17.1. The van der Waals surface area contributed by atoms with E-state index in [1.165, 1.54) is 4.52 Å². The third kappa shape index (κ3) is 2.89. The Kier molecular flexibility index (Phi) is 4.36. The number of rotatable bonds is 3. The van der Waals surface area contributed by atoms with Crippen molar-refractivity contribution >= 4 is 28.6 Å². The van der Waals surface area contributed by atoms with Gasteiger partial charge in [-0.1, -0.05) is 18.2 Å². The third-order valence-electron chi connectivity index (χ3n) is 6.05. The van der Waals surface area contributed by atoms with Gasteiger partial charge in [-0.05, 0) is 49.4 Å². The maximum Gasteiger partial charge on any atom is 0.272 e. The summed E-state index contributed by atoms with van der Waals surface area (Å²) < 4.78 is 1.49. The SMILES string of the molecule is Cc1cccc(N2CC(c3cc(=O)n4[nH]c(-c5cccs5)c(C)c4n3)CC2=O)c1C. The van der Waals surface area contributed by atoms with Crippen molar-refractivity contribution in [1.82, 2.24) is 14.6 Å². The number of aromatic amines is 1. The summed E-state index contributed by atoms with van der Waals surface area (Å²) in [4.78, 5) is 33.3. The Morgan fingerprint density at radius 2 is 1.93 bits per heavy atom. The van der Waals surface area contributed by atoms with Crippen molar-refractivity contribution in [3.8, 4) is 10.6 Å². The van der Waals surface area contributed by atoms with Gasteiger partial charge in [-0.2, -0.15) is 0 Å². The summed E-state index contributed by atoms with van der Waals surface area (Å²) in [5.41, 5.74) is 6.21. The molecule has 1 aliphatic rings. The Balaban J connectivity index is 1.54. The standard InChI is InChI=1S/C23H22N4O2S/c1-13-6-4-7-18(14(13)2)26-12-16(10-20(26)28)17-11-21(29)27-23(24-17)15(3)22(25-27)19-8-5-9-30-19/h4-9,11,16,25H,10,12H2,1-3H3. The molecule has 1 N–H and O–H groups in total. The zero-order chi connectivity index (χ0) is 21.0. The summed E-state index contributed by atoms with van der Waals surface area (Å²) in [6, 6.07) is 11.6. The van der Waals surface area contributed by atoms with Crippen molar-refractivity contribution in [2.45, 2.75) is 33.1 Å². The number of thiophene rings is 1. The maximum absolute atomic E-state index is 12.8. The fourth-order valence-corrected chi connectivity index (χ4v) is 4.98. The minimum absolute atomic E-state index is 0.0702. The quantitative estimate of drug-likeness (QED) is 0.542. The Morgan fingerprint density at radius 3 is 2.70 bits per heavy atom. The highest BCUT2D eigenvalue weighted by Gasteiger charge is 2.34. The summed E-state index contributed by atoms with van der Waals surface area (Å²) in [6.45, 7) is 6.59. The number of nitrogens with one attached hydrogen (secondary N) is 1. The van der Waals surface area contributed by atoms with Gasteiger partial charge in [0.25, 0.3) is 5.56 Å². The van der Waals surface area contributed by atoms with Crippen molar-refractivity contribution in [1.29, 1.82) is 0 Å². The minimum Gasteiger partial charge on any atom is -0.311 e. The number of aryl methyl sites for hydroxylation is 2. The van der Waals surface area contributed by atoms with Crippen LogP contribution in [0.1, 0.15) is 34.7 Å². The van der Waals surface area contributed by atoms with Crippen LogP contribution in [0.25, 0.3) is 16.2 Å². The molecule has 3 aromatic heterocycles. The lowest BCUT2D eigenvalue weighted by Crippen LogP contribution is -2.25. The molecule has 5 rings (SSSR count). The Labute approximate surface area is 177 Å². The van der Waals surface area contributed by atoms with E-state index >= 15 is 0 Å². The first-order valence-corrected chi connectivity index (χ1v) is 10.8. The van der Waals surface area contributed by atoms with Gasteiger partial charge in [-0.3, -0.25) is 14.7 Å². The predicted octanol–water partition coefficient (Wildman–Crippen LogP) is 4.20. The number of amides is 1. The number of aromatic nitrogens is 3. The first-order chi connectivity index (χ1) is 14.4. The van der Waals surface area contributed by atoms with E-state index in [0.29, 0.717) is 24.3 Å². The second-order valence-electron chi connectivity index (χ2n) is 7.89. The van der Waals surface area contributed by atoms with Gasteiger partial charge in [0.05, 0.1) is 16.3 Å². The second kappa shape index (κ2) is 6.95. The maximum atomic E-state index is 12.8.